The lowest BCUT2D eigenvalue weighted by molar-refractivity contribution is -0.127. The number of likely N-dealkylation sites (N-methyl/N-ethyl adjacent to an activating group) is 1. The predicted molar refractivity (Wildman–Crippen MR) is 108 cm³/mol. The fraction of sp³-hybridized carbons (Fsp3) is 0.333. The summed E-state index contributed by atoms with van der Waals surface area (Å²) in [5, 5.41) is 8.48. The minimum absolute atomic E-state index is 0.0106. The minimum Gasteiger partial charge on any atom is -0.356 e. The number of carbonyl (C=O) groups is 1. The van der Waals surface area contributed by atoms with Gasteiger partial charge in [-0.3, -0.25) is 4.79 Å². The summed E-state index contributed by atoms with van der Waals surface area (Å²) in [6, 6.07) is 12.2. The number of benzene rings is 1. The molecule has 0 spiro atoms. The van der Waals surface area contributed by atoms with Crippen LogP contribution >= 0.6 is 27.3 Å². The van der Waals surface area contributed by atoms with E-state index in [1.54, 1.807) is 30.3 Å². The van der Waals surface area contributed by atoms with Crippen molar-refractivity contribution in [3.8, 4) is 0 Å². The number of guanidine groups is 1. The molecule has 5 nitrogen and oxygen atoms in total. The van der Waals surface area contributed by atoms with Crippen LogP contribution in [0.1, 0.15) is 10.4 Å². The first-order valence-corrected chi connectivity index (χ1v) is 9.71. The fourth-order valence-corrected chi connectivity index (χ4v) is 2.98. The molecular formula is C18H23BrN4OS. The number of hydrogen-bond acceptors (Lipinski definition) is 3. The Morgan fingerprint density at radius 3 is 2.60 bits per heavy atom. The fourth-order valence-electron chi connectivity index (χ4n) is 2.01. The average Bonchev–Trinajstić information content (AvgIpc) is 3.11. The van der Waals surface area contributed by atoms with Gasteiger partial charge in [-0.05, 0) is 35.6 Å². The van der Waals surface area contributed by atoms with Crippen molar-refractivity contribution in [3.05, 3.63) is 56.7 Å². The Morgan fingerprint density at radius 2 is 1.96 bits per heavy atom. The number of amides is 1. The summed E-state index contributed by atoms with van der Waals surface area (Å²) in [6.07, 6.45) is 0.929. The SMILES string of the molecule is CN(C)C(=O)CNC(=NCc1ccc(Br)cc1)NCCc1cccs1. The molecule has 2 rings (SSSR count). The largest absolute Gasteiger partial charge is 0.356 e. The normalized spacial score (nSPS) is 11.2. The number of nitrogens with zero attached hydrogens (tertiary/aromatic N) is 2. The summed E-state index contributed by atoms with van der Waals surface area (Å²) in [4.78, 5) is 19.3. The van der Waals surface area contributed by atoms with Crippen molar-refractivity contribution in [1.82, 2.24) is 15.5 Å². The number of nitrogens with one attached hydrogen (secondary N) is 2. The number of carbonyl (C=O) groups excluding carboxylic acids is 1. The quantitative estimate of drug-likeness (QED) is 0.532. The molecule has 0 atom stereocenters. The summed E-state index contributed by atoms with van der Waals surface area (Å²) in [5.74, 6) is 0.658. The summed E-state index contributed by atoms with van der Waals surface area (Å²) in [5.41, 5.74) is 1.11. The zero-order chi connectivity index (χ0) is 18.1. The first kappa shape index (κ1) is 19.5. The topological polar surface area (TPSA) is 56.7 Å². The number of rotatable bonds is 7. The van der Waals surface area contributed by atoms with E-state index >= 15 is 0 Å². The summed E-state index contributed by atoms with van der Waals surface area (Å²) >= 11 is 5.17. The van der Waals surface area contributed by atoms with E-state index in [0.717, 1.165) is 23.0 Å². The maximum absolute atomic E-state index is 11.8. The zero-order valence-electron chi connectivity index (χ0n) is 14.5. The van der Waals surface area contributed by atoms with Crippen molar-refractivity contribution in [1.29, 1.82) is 0 Å². The molecule has 1 aromatic carbocycles. The van der Waals surface area contributed by atoms with E-state index in [1.807, 2.05) is 24.3 Å². The van der Waals surface area contributed by atoms with Crippen LogP contribution in [0.3, 0.4) is 0 Å². The van der Waals surface area contributed by atoms with Crippen molar-refractivity contribution < 1.29 is 4.79 Å². The molecule has 25 heavy (non-hydrogen) atoms. The van der Waals surface area contributed by atoms with Gasteiger partial charge in [0.15, 0.2) is 5.96 Å². The van der Waals surface area contributed by atoms with Crippen LogP contribution in [0.2, 0.25) is 0 Å². The molecule has 0 radical (unpaired) electrons. The second kappa shape index (κ2) is 10.2. The number of thiophene rings is 1. The Morgan fingerprint density at radius 1 is 1.20 bits per heavy atom. The van der Waals surface area contributed by atoms with Crippen LogP contribution in [0.25, 0.3) is 0 Å². The molecule has 0 aliphatic carbocycles. The number of halogens is 1. The molecule has 0 aliphatic heterocycles. The monoisotopic (exact) mass is 422 g/mol. The molecule has 2 N–H and O–H groups in total. The molecule has 2 aromatic rings. The third-order valence-electron chi connectivity index (χ3n) is 3.48. The standard InChI is InChI=1S/C18H23BrN4OS/c1-23(2)17(24)13-22-18(20-10-9-16-4-3-11-25-16)21-12-14-5-7-15(19)8-6-14/h3-8,11H,9-10,12-13H2,1-2H3,(H2,20,21,22). The maximum Gasteiger partial charge on any atom is 0.241 e. The highest BCUT2D eigenvalue weighted by molar-refractivity contribution is 9.10. The third kappa shape index (κ3) is 7.27. The number of aliphatic imine (C=N–C) groups is 1. The molecule has 1 aromatic heterocycles. The van der Waals surface area contributed by atoms with Gasteiger partial charge >= 0.3 is 0 Å². The van der Waals surface area contributed by atoms with Crippen LogP contribution in [0.15, 0.2) is 51.2 Å². The lowest BCUT2D eigenvalue weighted by Crippen LogP contribution is -2.43. The molecule has 0 saturated carbocycles. The van der Waals surface area contributed by atoms with Crippen molar-refractivity contribution in [3.63, 3.8) is 0 Å². The molecule has 0 aliphatic rings. The van der Waals surface area contributed by atoms with Crippen molar-refractivity contribution in [2.75, 3.05) is 27.2 Å². The van der Waals surface area contributed by atoms with Crippen LogP contribution in [0.5, 0.6) is 0 Å². The van der Waals surface area contributed by atoms with Gasteiger partial charge in [-0.25, -0.2) is 4.99 Å². The molecule has 0 fully saturated rings. The molecule has 0 unspecified atom stereocenters. The van der Waals surface area contributed by atoms with Crippen LogP contribution in [-0.2, 0) is 17.8 Å². The lowest BCUT2D eigenvalue weighted by atomic mass is 10.2. The predicted octanol–water partition coefficient (Wildman–Crippen LogP) is 2.88. The Hall–Kier alpha value is -1.86. The van der Waals surface area contributed by atoms with Gasteiger partial charge in [-0.2, -0.15) is 0 Å². The Bertz CT molecular complexity index is 684. The van der Waals surface area contributed by atoms with Gasteiger partial charge in [-0.1, -0.05) is 34.1 Å². The van der Waals surface area contributed by atoms with Gasteiger partial charge < -0.3 is 15.5 Å². The van der Waals surface area contributed by atoms with Gasteiger partial charge in [0.05, 0.1) is 13.1 Å². The van der Waals surface area contributed by atoms with Gasteiger partial charge in [-0.15, -0.1) is 11.3 Å². The van der Waals surface area contributed by atoms with Crippen molar-refractivity contribution >= 4 is 39.1 Å². The molecule has 1 amide bonds. The van der Waals surface area contributed by atoms with E-state index in [2.05, 4.69) is 49.1 Å². The van der Waals surface area contributed by atoms with Gasteiger partial charge in [0.1, 0.15) is 0 Å². The maximum atomic E-state index is 11.8. The lowest BCUT2D eigenvalue weighted by Gasteiger charge is -2.15. The highest BCUT2D eigenvalue weighted by Crippen LogP contribution is 2.11. The van der Waals surface area contributed by atoms with Crippen LogP contribution in [-0.4, -0.2) is 44.0 Å². The molecule has 0 bridgehead atoms. The first-order chi connectivity index (χ1) is 12.0. The zero-order valence-corrected chi connectivity index (χ0v) is 16.9. The Labute approximate surface area is 161 Å². The Kier molecular flexibility index (Phi) is 7.94. The van der Waals surface area contributed by atoms with E-state index in [1.165, 1.54) is 4.88 Å². The highest BCUT2D eigenvalue weighted by Gasteiger charge is 2.06. The summed E-state index contributed by atoms with van der Waals surface area (Å²) < 4.78 is 1.05. The molecule has 1 heterocycles. The van der Waals surface area contributed by atoms with Crippen molar-refractivity contribution in [2.24, 2.45) is 4.99 Å². The van der Waals surface area contributed by atoms with Crippen molar-refractivity contribution in [2.45, 2.75) is 13.0 Å². The van der Waals surface area contributed by atoms with Gasteiger partial charge in [0.25, 0.3) is 0 Å². The molecule has 134 valence electrons. The van der Waals surface area contributed by atoms with E-state index in [9.17, 15) is 4.79 Å². The molecule has 0 saturated heterocycles. The Balaban J connectivity index is 1.92. The summed E-state index contributed by atoms with van der Waals surface area (Å²) in [6.45, 7) is 1.54. The molecule has 7 heteroatoms. The third-order valence-corrected chi connectivity index (χ3v) is 4.95. The smallest absolute Gasteiger partial charge is 0.241 e. The second-order valence-corrected chi connectivity index (χ2v) is 7.64. The summed E-state index contributed by atoms with van der Waals surface area (Å²) in [7, 11) is 3.49. The van der Waals surface area contributed by atoms with Crippen LogP contribution in [0.4, 0.5) is 0 Å². The second-order valence-electron chi connectivity index (χ2n) is 5.69. The van der Waals surface area contributed by atoms with E-state index in [0.29, 0.717) is 12.5 Å². The average molecular weight is 423 g/mol. The first-order valence-electron chi connectivity index (χ1n) is 8.04. The number of hydrogen-bond donors (Lipinski definition) is 2. The van der Waals surface area contributed by atoms with Crippen LogP contribution < -0.4 is 10.6 Å². The molecular weight excluding hydrogens is 400 g/mol. The highest BCUT2D eigenvalue weighted by atomic mass is 79.9. The van der Waals surface area contributed by atoms with Crippen LogP contribution in [0, 0.1) is 0 Å². The van der Waals surface area contributed by atoms with Gasteiger partial charge in [0, 0.05) is 30.0 Å². The van der Waals surface area contributed by atoms with E-state index < -0.39 is 0 Å². The van der Waals surface area contributed by atoms with Gasteiger partial charge in [0.2, 0.25) is 5.91 Å². The van der Waals surface area contributed by atoms with E-state index in [-0.39, 0.29) is 12.5 Å². The van der Waals surface area contributed by atoms with E-state index in [4.69, 9.17) is 0 Å². The minimum atomic E-state index is 0.0106.